The number of hydrogen-bond acceptors (Lipinski definition) is 5. The molecule has 7 nitrogen and oxygen atoms in total. The molecule has 0 bridgehead atoms. The van der Waals surface area contributed by atoms with E-state index in [2.05, 4.69) is 0 Å². The van der Waals surface area contributed by atoms with Crippen LogP contribution in [0.4, 0.5) is 10.5 Å². The molecule has 0 unspecified atom stereocenters. The summed E-state index contributed by atoms with van der Waals surface area (Å²) in [5.41, 5.74) is 10.1. The van der Waals surface area contributed by atoms with Gasteiger partial charge in [0.05, 0.1) is 10.6 Å². The highest BCUT2D eigenvalue weighted by atomic mass is 35.5. The highest BCUT2D eigenvalue weighted by molar-refractivity contribution is 7.92. The summed E-state index contributed by atoms with van der Waals surface area (Å²) in [6, 6.07) is 2.72. The maximum absolute atomic E-state index is 11.8. The molecular formula is C9H10ClN3O4S. The first-order chi connectivity index (χ1) is 8.22. The summed E-state index contributed by atoms with van der Waals surface area (Å²) in [7, 11) is -3.99. The lowest BCUT2D eigenvalue weighted by Crippen LogP contribution is -2.38. The first-order valence-corrected chi connectivity index (χ1v) is 6.62. The molecule has 0 saturated heterocycles. The van der Waals surface area contributed by atoms with Crippen LogP contribution >= 0.6 is 11.6 Å². The van der Waals surface area contributed by atoms with Crippen molar-refractivity contribution < 1.29 is 18.0 Å². The zero-order chi connectivity index (χ0) is 13.9. The van der Waals surface area contributed by atoms with Gasteiger partial charge in [0.15, 0.2) is 9.84 Å². The number of amides is 3. The second-order valence-electron chi connectivity index (χ2n) is 3.35. The molecule has 5 N–H and O–H groups in total. The van der Waals surface area contributed by atoms with Crippen LogP contribution in [0.25, 0.3) is 0 Å². The molecule has 0 atom stereocenters. The summed E-state index contributed by atoms with van der Waals surface area (Å²) in [5.74, 6) is -1.98. The zero-order valence-corrected chi connectivity index (χ0v) is 10.6. The van der Waals surface area contributed by atoms with E-state index < -0.39 is 27.5 Å². The number of imide groups is 1. The number of nitrogens with two attached hydrogens (primary N) is 2. The molecule has 9 heteroatoms. The van der Waals surface area contributed by atoms with Crippen molar-refractivity contribution in [3.63, 3.8) is 0 Å². The monoisotopic (exact) mass is 291 g/mol. The fourth-order valence-electron chi connectivity index (χ4n) is 1.20. The third-order valence-corrected chi connectivity index (χ3v) is 3.80. The number of hydrogen-bond donors (Lipinski definition) is 3. The van der Waals surface area contributed by atoms with Gasteiger partial charge in [0.2, 0.25) is 5.91 Å². The lowest BCUT2D eigenvalue weighted by molar-refractivity contribution is -0.117. The molecule has 0 aliphatic rings. The van der Waals surface area contributed by atoms with Gasteiger partial charge in [-0.3, -0.25) is 10.1 Å². The van der Waals surface area contributed by atoms with Crippen LogP contribution in [0.1, 0.15) is 0 Å². The fourth-order valence-corrected chi connectivity index (χ4v) is 2.74. The Kier molecular flexibility index (Phi) is 4.15. The summed E-state index contributed by atoms with van der Waals surface area (Å²) >= 11 is 5.65. The number of sulfone groups is 1. The van der Waals surface area contributed by atoms with Crippen LogP contribution < -0.4 is 16.8 Å². The summed E-state index contributed by atoms with van der Waals surface area (Å²) in [4.78, 5) is 21.3. The SMILES string of the molecule is NC(=O)NC(=O)CS(=O)(=O)c1cc(Cl)ccc1N. The molecule has 18 heavy (non-hydrogen) atoms. The molecule has 0 aromatic heterocycles. The summed E-state index contributed by atoms with van der Waals surface area (Å²) in [6.07, 6.45) is 0. The maximum Gasteiger partial charge on any atom is 0.318 e. The van der Waals surface area contributed by atoms with Crippen molar-refractivity contribution in [2.75, 3.05) is 11.5 Å². The smallest absolute Gasteiger partial charge is 0.318 e. The van der Waals surface area contributed by atoms with E-state index in [1.54, 1.807) is 5.32 Å². The van der Waals surface area contributed by atoms with Crippen molar-refractivity contribution in [3.05, 3.63) is 23.2 Å². The Morgan fingerprint density at radius 3 is 2.50 bits per heavy atom. The van der Waals surface area contributed by atoms with Crippen LogP contribution in [0.5, 0.6) is 0 Å². The predicted molar refractivity (Wildman–Crippen MR) is 65.6 cm³/mol. The van der Waals surface area contributed by atoms with Crippen LogP contribution in [0.2, 0.25) is 5.02 Å². The average Bonchev–Trinajstić information content (AvgIpc) is 2.19. The molecule has 3 amide bonds. The van der Waals surface area contributed by atoms with Gasteiger partial charge in [0.1, 0.15) is 5.75 Å². The van der Waals surface area contributed by atoms with Gasteiger partial charge >= 0.3 is 6.03 Å². The zero-order valence-electron chi connectivity index (χ0n) is 9.01. The topological polar surface area (TPSA) is 132 Å². The Labute approximate surface area is 108 Å². The van der Waals surface area contributed by atoms with Crippen molar-refractivity contribution >= 4 is 39.1 Å². The summed E-state index contributed by atoms with van der Waals surface area (Å²) < 4.78 is 23.7. The van der Waals surface area contributed by atoms with Gasteiger partial charge < -0.3 is 11.5 Å². The summed E-state index contributed by atoms with van der Waals surface area (Å²) in [6.45, 7) is 0. The lowest BCUT2D eigenvalue weighted by Gasteiger charge is -2.07. The van der Waals surface area contributed by atoms with E-state index in [1.165, 1.54) is 12.1 Å². The van der Waals surface area contributed by atoms with Gasteiger partial charge in [-0.2, -0.15) is 0 Å². The number of primary amides is 1. The van der Waals surface area contributed by atoms with Gasteiger partial charge in [-0.15, -0.1) is 0 Å². The standard InChI is InChI=1S/C9H10ClN3O4S/c10-5-1-2-6(11)7(3-5)18(16,17)4-8(14)13-9(12)15/h1-3H,4,11H2,(H3,12,13,14,15). The Bertz CT molecular complexity index is 600. The molecule has 0 fully saturated rings. The molecule has 0 heterocycles. The Morgan fingerprint density at radius 1 is 1.33 bits per heavy atom. The molecule has 0 radical (unpaired) electrons. The fraction of sp³-hybridized carbons (Fsp3) is 0.111. The molecule has 1 aromatic rings. The van der Waals surface area contributed by atoms with Crippen LogP contribution in [-0.2, 0) is 14.6 Å². The van der Waals surface area contributed by atoms with Gasteiger partial charge in [-0.1, -0.05) is 11.6 Å². The molecule has 1 rings (SSSR count). The molecule has 0 spiro atoms. The molecule has 0 aliphatic carbocycles. The molecule has 1 aromatic carbocycles. The maximum atomic E-state index is 11.8. The molecule has 0 saturated carbocycles. The van der Waals surface area contributed by atoms with E-state index in [-0.39, 0.29) is 15.6 Å². The predicted octanol–water partition coefficient (Wildman–Crippen LogP) is -0.109. The van der Waals surface area contributed by atoms with Crippen LogP contribution in [0, 0.1) is 0 Å². The normalized spacial score (nSPS) is 10.9. The molecule has 98 valence electrons. The number of rotatable bonds is 3. The highest BCUT2D eigenvalue weighted by Crippen LogP contribution is 2.23. The van der Waals surface area contributed by atoms with Crippen molar-refractivity contribution in [2.24, 2.45) is 5.73 Å². The number of benzene rings is 1. The first-order valence-electron chi connectivity index (χ1n) is 4.59. The number of urea groups is 1. The quantitative estimate of drug-likeness (QED) is 0.668. The minimum absolute atomic E-state index is 0.0359. The third kappa shape index (κ3) is 3.60. The Balaban J connectivity index is 3.03. The van der Waals surface area contributed by atoms with Gasteiger partial charge in [-0.05, 0) is 18.2 Å². The van der Waals surface area contributed by atoms with E-state index in [0.29, 0.717) is 0 Å². The minimum Gasteiger partial charge on any atom is -0.398 e. The van der Waals surface area contributed by atoms with Crippen molar-refractivity contribution in [1.82, 2.24) is 5.32 Å². The number of anilines is 1. The lowest BCUT2D eigenvalue weighted by atomic mass is 10.3. The average molecular weight is 292 g/mol. The van der Waals surface area contributed by atoms with Crippen LogP contribution in [0.15, 0.2) is 23.1 Å². The minimum atomic E-state index is -3.99. The number of carbonyl (C=O) groups excluding carboxylic acids is 2. The van der Waals surface area contributed by atoms with Gasteiger partial charge in [0, 0.05) is 5.02 Å². The van der Waals surface area contributed by atoms with Crippen molar-refractivity contribution in [1.29, 1.82) is 0 Å². The first kappa shape index (κ1) is 14.3. The van der Waals surface area contributed by atoms with Gasteiger partial charge in [0.25, 0.3) is 0 Å². The second kappa shape index (κ2) is 5.23. The number of carbonyl (C=O) groups is 2. The number of nitrogen functional groups attached to an aromatic ring is 1. The Morgan fingerprint density at radius 2 is 1.94 bits per heavy atom. The van der Waals surface area contributed by atoms with E-state index in [9.17, 15) is 18.0 Å². The molecular weight excluding hydrogens is 282 g/mol. The van der Waals surface area contributed by atoms with Crippen molar-refractivity contribution in [3.8, 4) is 0 Å². The van der Waals surface area contributed by atoms with E-state index in [1.807, 2.05) is 0 Å². The van der Waals surface area contributed by atoms with Gasteiger partial charge in [-0.25, -0.2) is 13.2 Å². The van der Waals surface area contributed by atoms with E-state index >= 15 is 0 Å². The van der Waals surface area contributed by atoms with E-state index in [0.717, 1.165) is 6.07 Å². The number of nitrogens with one attached hydrogen (secondary N) is 1. The largest absolute Gasteiger partial charge is 0.398 e. The van der Waals surface area contributed by atoms with Crippen LogP contribution in [-0.4, -0.2) is 26.1 Å². The third-order valence-electron chi connectivity index (χ3n) is 1.89. The molecule has 0 aliphatic heterocycles. The van der Waals surface area contributed by atoms with E-state index in [4.69, 9.17) is 23.1 Å². The highest BCUT2D eigenvalue weighted by Gasteiger charge is 2.22. The summed E-state index contributed by atoms with van der Waals surface area (Å²) in [5, 5.41) is 1.81. The van der Waals surface area contributed by atoms with Crippen molar-refractivity contribution in [2.45, 2.75) is 4.90 Å². The second-order valence-corrected chi connectivity index (χ2v) is 5.75. The van der Waals surface area contributed by atoms with Crippen LogP contribution in [0.3, 0.4) is 0 Å². The Hall–Kier alpha value is -1.80. The number of halogens is 1.